The number of halogens is 2. The number of aliphatic hydroxyl groups is 1. The van der Waals surface area contributed by atoms with Gasteiger partial charge >= 0.3 is 5.97 Å². The predicted octanol–water partition coefficient (Wildman–Crippen LogP) is 5.45. The summed E-state index contributed by atoms with van der Waals surface area (Å²) in [5, 5.41) is 21.0. The van der Waals surface area contributed by atoms with Gasteiger partial charge in [-0.05, 0) is 61.1 Å². The van der Waals surface area contributed by atoms with Gasteiger partial charge in [0.15, 0.2) is 0 Å². The Morgan fingerprint density at radius 3 is 2.41 bits per heavy atom. The number of hydrogen-bond donors (Lipinski definition) is 2. The van der Waals surface area contributed by atoms with Crippen LogP contribution in [0.15, 0.2) is 48.5 Å². The predicted molar refractivity (Wildman–Crippen MR) is 124 cm³/mol. The lowest BCUT2D eigenvalue weighted by atomic mass is 9.67. The molecule has 1 saturated heterocycles. The van der Waals surface area contributed by atoms with Crippen LogP contribution in [0.25, 0.3) is 0 Å². The third kappa shape index (κ3) is 4.52. The summed E-state index contributed by atoms with van der Waals surface area (Å²) in [7, 11) is 0. The second-order valence-corrected chi connectivity index (χ2v) is 10.2. The monoisotopic (exact) mass is 475 g/mol. The molecule has 1 aliphatic carbocycles. The number of likely N-dealkylation sites (tertiary alicyclic amines) is 1. The first kappa shape index (κ1) is 23.1. The molecule has 5 nitrogen and oxygen atoms in total. The van der Waals surface area contributed by atoms with Crippen molar-refractivity contribution in [2.45, 2.75) is 63.1 Å². The normalized spacial score (nSPS) is 30.5. The van der Waals surface area contributed by atoms with Gasteiger partial charge in [0, 0.05) is 22.0 Å². The molecule has 32 heavy (non-hydrogen) atoms. The molecule has 5 atom stereocenters. The van der Waals surface area contributed by atoms with Crippen LogP contribution in [0.2, 0.25) is 10.0 Å². The van der Waals surface area contributed by atoms with Crippen LogP contribution in [0, 0.1) is 5.41 Å². The molecule has 5 unspecified atom stereocenters. The smallest absolute Gasteiger partial charge is 0.304 e. The number of carboxylic acids is 1. The van der Waals surface area contributed by atoms with Gasteiger partial charge in [-0.1, -0.05) is 54.4 Å². The molecule has 2 aliphatic rings. The Balaban J connectivity index is 1.88. The van der Waals surface area contributed by atoms with Crippen molar-refractivity contribution in [3.8, 4) is 0 Å². The summed E-state index contributed by atoms with van der Waals surface area (Å²) in [5.74, 6) is -1.33. The number of aliphatic carboxylic acids is 1. The molecule has 0 aromatic heterocycles. The Morgan fingerprint density at radius 1 is 1.09 bits per heavy atom. The van der Waals surface area contributed by atoms with Crippen molar-refractivity contribution in [2.24, 2.45) is 5.41 Å². The molecular formula is C25H27Cl2NO4. The van der Waals surface area contributed by atoms with Gasteiger partial charge in [-0.25, -0.2) is 0 Å². The SMILES string of the molecule is CC1(CC(=O)O)CC(c2cccc(Cl)c2)C(c2ccc(Cl)cc2)N(C2CCC(O)C2)C1=O. The minimum Gasteiger partial charge on any atom is -0.481 e. The van der Waals surface area contributed by atoms with Crippen molar-refractivity contribution >= 4 is 35.1 Å². The van der Waals surface area contributed by atoms with Gasteiger partial charge in [-0.15, -0.1) is 0 Å². The highest BCUT2D eigenvalue weighted by Crippen LogP contribution is 2.53. The molecule has 4 rings (SSSR count). The number of amides is 1. The topological polar surface area (TPSA) is 77.8 Å². The first-order valence-corrected chi connectivity index (χ1v) is 11.7. The van der Waals surface area contributed by atoms with Crippen molar-refractivity contribution in [2.75, 3.05) is 0 Å². The molecule has 1 heterocycles. The first-order valence-electron chi connectivity index (χ1n) is 10.9. The molecule has 0 spiro atoms. The number of carbonyl (C=O) groups excluding carboxylic acids is 1. The maximum absolute atomic E-state index is 13.9. The van der Waals surface area contributed by atoms with Crippen LogP contribution in [-0.4, -0.2) is 39.1 Å². The lowest BCUT2D eigenvalue weighted by Gasteiger charge is -2.51. The van der Waals surface area contributed by atoms with Crippen molar-refractivity contribution in [3.63, 3.8) is 0 Å². The van der Waals surface area contributed by atoms with Crippen LogP contribution in [0.1, 0.15) is 62.1 Å². The minimum absolute atomic E-state index is 0.158. The zero-order valence-electron chi connectivity index (χ0n) is 17.9. The molecule has 0 bridgehead atoms. The largest absolute Gasteiger partial charge is 0.481 e. The van der Waals surface area contributed by atoms with E-state index in [2.05, 4.69) is 0 Å². The number of carbonyl (C=O) groups is 2. The van der Waals surface area contributed by atoms with Crippen LogP contribution in [0.5, 0.6) is 0 Å². The number of piperidine rings is 1. The maximum atomic E-state index is 13.9. The zero-order valence-corrected chi connectivity index (χ0v) is 19.4. The van der Waals surface area contributed by atoms with E-state index in [0.717, 1.165) is 11.1 Å². The van der Waals surface area contributed by atoms with Crippen molar-refractivity contribution in [1.82, 2.24) is 4.90 Å². The van der Waals surface area contributed by atoms with Gasteiger partial charge in [0.05, 0.1) is 24.0 Å². The van der Waals surface area contributed by atoms with E-state index < -0.39 is 17.5 Å². The second kappa shape index (κ2) is 9.05. The molecule has 2 fully saturated rings. The van der Waals surface area contributed by atoms with Crippen LogP contribution < -0.4 is 0 Å². The van der Waals surface area contributed by atoms with Crippen molar-refractivity contribution in [1.29, 1.82) is 0 Å². The van der Waals surface area contributed by atoms with E-state index in [1.165, 1.54) is 0 Å². The summed E-state index contributed by atoms with van der Waals surface area (Å²) in [6, 6.07) is 14.6. The fourth-order valence-corrected chi connectivity index (χ4v) is 5.79. The fourth-order valence-electron chi connectivity index (χ4n) is 5.47. The average molecular weight is 476 g/mol. The lowest BCUT2D eigenvalue weighted by Crippen LogP contribution is -2.55. The van der Waals surface area contributed by atoms with E-state index in [1.54, 1.807) is 13.0 Å². The summed E-state index contributed by atoms with van der Waals surface area (Å²) in [5.41, 5.74) is 0.839. The molecule has 170 valence electrons. The third-order valence-corrected chi connectivity index (χ3v) is 7.39. The summed E-state index contributed by atoms with van der Waals surface area (Å²) in [6.07, 6.45) is 1.47. The van der Waals surface area contributed by atoms with E-state index in [0.29, 0.717) is 35.7 Å². The number of rotatable bonds is 5. The van der Waals surface area contributed by atoms with Gasteiger partial charge in [0.25, 0.3) is 0 Å². The summed E-state index contributed by atoms with van der Waals surface area (Å²) in [4.78, 5) is 27.5. The van der Waals surface area contributed by atoms with Gasteiger partial charge in [-0.2, -0.15) is 0 Å². The van der Waals surface area contributed by atoms with Crippen LogP contribution in [0.3, 0.4) is 0 Å². The van der Waals surface area contributed by atoms with Gasteiger partial charge in [0.2, 0.25) is 5.91 Å². The van der Waals surface area contributed by atoms with Gasteiger partial charge in [0.1, 0.15) is 0 Å². The zero-order chi connectivity index (χ0) is 23.0. The molecule has 1 saturated carbocycles. The Kier molecular flexibility index (Phi) is 6.53. The van der Waals surface area contributed by atoms with E-state index in [4.69, 9.17) is 23.2 Å². The Morgan fingerprint density at radius 2 is 1.81 bits per heavy atom. The minimum atomic E-state index is -1.06. The molecule has 2 N–H and O–H groups in total. The van der Waals surface area contributed by atoms with E-state index >= 15 is 0 Å². The Hall–Kier alpha value is -2.08. The van der Waals surface area contributed by atoms with Crippen LogP contribution >= 0.6 is 23.2 Å². The van der Waals surface area contributed by atoms with E-state index in [9.17, 15) is 19.8 Å². The van der Waals surface area contributed by atoms with Crippen LogP contribution in [-0.2, 0) is 9.59 Å². The number of nitrogens with zero attached hydrogens (tertiary/aromatic N) is 1. The lowest BCUT2D eigenvalue weighted by molar-refractivity contribution is -0.160. The molecular weight excluding hydrogens is 449 g/mol. The fraction of sp³-hybridized carbons (Fsp3) is 0.440. The quantitative estimate of drug-likeness (QED) is 0.602. The second-order valence-electron chi connectivity index (χ2n) is 9.33. The summed E-state index contributed by atoms with van der Waals surface area (Å²) >= 11 is 12.5. The molecule has 1 amide bonds. The number of hydrogen-bond acceptors (Lipinski definition) is 3. The Bertz CT molecular complexity index is 1010. The third-order valence-electron chi connectivity index (χ3n) is 6.90. The standard InChI is InChI=1S/C25H27Cl2NO4/c1-25(14-22(30)31)13-21(16-3-2-4-18(27)11-16)23(15-5-7-17(26)8-6-15)28(24(25)32)19-9-10-20(29)12-19/h2-8,11,19-21,23,29H,9-10,12-14H2,1H3,(H,30,31). The number of aliphatic hydroxyl groups excluding tert-OH is 1. The van der Waals surface area contributed by atoms with Crippen molar-refractivity contribution < 1.29 is 19.8 Å². The Labute approximate surface area is 197 Å². The summed E-state index contributed by atoms with van der Waals surface area (Å²) in [6.45, 7) is 1.75. The van der Waals surface area contributed by atoms with Crippen molar-refractivity contribution in [3.05, 3.63) is 69.7 Å². The highest BCUT2D eigenvalue weighted by atomic mass is 35.5. The highest BCUT2D eigenvalue weighted by molar-refractivity contribution is 6.30. The van der Waals surface area contributed by atoms with Gasteiger partial charge in [-0.3, -0.25) is 9.59 Å². The molecule has 7 heteroatoms. The van der Waals surface area contributed by atoms with Gasteiger partial charge < -0.3 is 15.1 Å². The summed E-state index contributed by atoms with van der Waals surface area (Å²) < 4.78 is 0. The molecule has 0 radical (unpaired) electrons. The average Bonchev–Trinajstić information content (AvgIpc) is 3.16. The van der Waals surface area contributed by atoms with Crippen LogP contribution in [0.4, 0.5) is 0 Å². The maximum Gasteiger partial charge on any atom is 0.304 e. The first-order chi connectivity index (χ1) is 15.2. The molecule has 2 aromatic carbocycles. The molecule has 2 aromatic rings. The molecule has 1 aliphatic heterocycles. The number of carboxylic acid groups (broad SMARTS) is 1. The van der Waals surface area contributed by atoms with E-state index in [-0.39, 0.29) is 30.3 Å². The van der Waals surface area contributed by atoms with E-state index in [1.807, 2.05) is 47.4 Å². The highest BCUT2D eigenvalue weighted by Gasteiger charge is 2.53. The number of benzene rings is 2.